The summed E-state index contributed by atoms with van der Waals surface area (Å²) < 4.78 is 18.8. The summed E-state index contributed by atoms with van der Waals surface area (Å²) in [6.07, 6.45) is -0.349. The van der Waals surface area contributed by atoms with Crippen molar-refractivity contribution in [3.8, 4) is 16.9 Å². The Balaban J connectivity index is 1.72. The maximum Gasteiger partial charge on any atom is 0.407 e. The van der Waals surface area contributed by atoms with Crippen LogP contribution in [0.15, 0.2) is 48.5 Å². The van der Waals surface area contributed by atoms with E-state index in [1.807, 2.05) is 24.3 Å². The second kappa shape index (κ2) is 6.05. The van der Waals surface area contributed by atoms with E-state index in [1.54, 1.807) is 12.1 Å². The van der Waals surface area contributed by atoms with Crippen LogP contribution in [-0.4, -0.2) is 35.3 Å². The number of nitrogens with zero attached hydrogens (tertiary/aromatic N) is 1. The SMILES string of the molecule is O=C(O)N1CCC(Oc2cccc(-c3ccc(F)cc3)c2)C1. The van der Waals surface area contributed by atoms with Crippen molar-refractivity contribution in [3.63, 3.8) is 0 Å². The maximum atomic E-state index is 13.0. The minimum atomic E-state index is -0.911. The van der Waals surface area contributed by atoms with E-state index in [2.05, 4.69) is 0 Å². The number of hydrogen-bond donors (Lipinski definition) is 1. The number of hydrogen-bond acceptors (Lipinski definition) is 2. The molecule has 22 heavy (non-hydrogen) atoms. The van der Waals surface area contributed by atoms with Gasteiger partial charge in [-0.1, -0.05) is 24.3 Å². The van der Waals surface area contributed by atoms with E-state index in [0.717, 1.165) is 11.1 Å². The molecule has 1 heterocycles. The van der Waals surface area contributed by atoms with Gasteiger partial charge in [0.25, 0.3) is 0 Å². The Kier molecular flexibility index (Phi) is 3.96. The first-order valence-electron chi connectivity index (χ1n) is 7.12. The van der Waals surface area contributed by atoms with Crippen molar-refractivity contribution in [2.75, 3.05) is 13.1 Å². The van der Waals surface area contributed by atoms with Gasteiger partial charge < -0.3 is 14.7 Å². The first kappa shape index (κ1) is 14.4. The topological polar surface area (TPSA) is 49.8 Å². The van der Waals surface area contributed by atoms with Crippen molar-refractivity contribution in [1.82, 2.24) is 4.90 Å². The van der Waals surface area contributed by atoms with Crippen molar-refractivity contribution in [3.05, 3.63) is 54.3 Å². The molecule has 1 fully saturated rings. The van der Waals surface area contributed by atoms with Crippen LogP contribution in [-0.2, 0) is 0 Å². The van der Waals surface area contributed by atoms with Crippen LogP contribution in [0.1, 0.15) is 6.42 Å². The van der Waals surface area contributed by atoms with E-state index < -0.39 is 6.09 Å². The van der Waals surface area contributed by atoms with Gasteiger partial charge >= 0.3 is 6.09 Å². The molecule has 0 saturated carbocycles. The molecule has 2 aromatic carbocycles. The summed E-state index contributed by atoms with van der Waals surface area (Å²) in [6.45, 7) is 0.883. The number of carboxylic acid groups (broad SMARTS) is 1. The number of carbonyl (C=O) groups is 1. The smallest absolute Gasteiger partial charge is 0.407 e. The lowest BCUT2D eigenvalue weighted by Crippen LogP contribution is -2.29. The Bertz CT molecular complexity index is 672. The quantitative estimate of drug-likeness (QED) is 0.942. The lowest BCUT2D eigenvalue weighted by atomic mass is 10.1. The predicted octanol–water partition coefficient (Wildman–Crippen LogP) is 3.62. The van der Waals surface area contributed by atoms with E-state index in [4.69, 9.17) is 9.84 Å². The van der Waals surface area contributed by atoms with Gasteiger partial charge in [-0.25, -0.2) is 9.18 Å². The number of likely N-dealkylation sites (tertiary alicyclic amines) is 1. The molecule has 4 nitrogen and oxygen atoms in total. The van der Waals surface area contributed by atoms with Gasteiger partial charge in [0.2, 0.25) is 0 Å². The Labute approximate surface area is 127 Å². The zero-order valence-corrected chi connectivity index (χ0v) is 11.9. The highest BCUT2D eigenvalue weighted by Gasteiger charge is 2.27. The summed E-state index contributed by atoms with van der Waals surface area (Å²) >= 11 is 0. The first-order valence-corrected chi connectivity index (χ1v) is 7.12. The van der Waals surface area contributed by atoms with E-state index in [0.29, 0.717) is 25.3 Å². The molecule has 0 radical (unpaired) electrons. The fourth-order valence-corrected chi connectivity index (χ4v) is 2.58. The highest BCUT2D eigenvalue weighted by molar-refractivity contribution is 5.66. The monoisotopic (exact) mass is 301 g/mol. The van der Waals surface area contributed by atoms with Crippen LogP contribution in [0.5, 0.6) is 5.75 Å². The molecule has 0 spiro atoms. The van der Waals surface area contributed by atoms with Gasteiger partial charge in [0.1, 0.15) is 17.7 Å². The van der Waals surface area contributed by atoms with Gasteiger partial charge in [-0.2, -0.15) is 0 Å². The Hall–Kier alpha value is -2.56. The summed E-state index contributed by atoms with van der Waals surface area (Å²) in [7, 11) is 0. The van der Waals surface area contributed by atoms with Crippen LogP contribution in [0.2, 0.25) is 0 Å². The summed E-state index contributed by atoms with van der Waals surface area (Å²) in [5.41, 5.74) is 1.84. The number of ether oxygens (including phenoxy) is 1. The van der Waals surface area contributed by atoms with Gasteiger partial charge in [-0.15, -0.1) is 0 Å². The summed E-state index contributed by atoms with van der Waals surface area (Å²) in [5, 5.41) is 8.95. The second-order valence-electron chi connectivity index (χ2n) is 5.29. The van der Waals surface area contributed by atoms with Crippen molar-refractivity contribution < 1.29 is 19.0 Å². The van der Waals surface area contributed by atoms with Crippen LogP contribution in [0.25, 0.3) is 11.1 Å². The van der Waals surface area contributed by atoms with E-state index in [1.165, 1.54) is 17.0 Å². The highest BCUT2D eigenvalue weighted by atomic mass is 19.1. The number of benzene rings is 2. The Morgan fingerprint density at radius 2 is 1.95 bits per heavy atom. The molecule has 1 aliphatic heterocycles. The summed E-state index contributed by atoms with van der Waals surface area (Å²) in [4.78, 5) is 12.3. The first-order chi connectivity index (χ1) is 10.6. The summed E-state index contributed by atoms with van der Waals surface area (Å²) in [6, 6.07) is 13.8. The fraction of sp³-hybridized carbons (Fsp3) is 0.235. The van der Waals surface area contributed by atoms with E-state index in [9.17, 15) is 9.18 Å². The van der Waals surface area contributed by atoms with Gasteiger partial charge in [-0.3, -0.25) is 0 Å². The highest BCUT2D eigenvalue weighted by Crippen LogP contribution is 2.26. The van der Waals surface area contributed by atoms with Crippen molar-refractivity contribution in [2.45, 2.75) is 12.5 Å². The molecule has 2 aromatic rings. The van der Waals surface area contributed by atoms with Crippen LogP contribution in [0, 0.1) is 5.82 Å². The third-order valence-electron chi connectivity index (χ3n) is 3.73. The standard InChI is InChI=1S/C17H16FNO3/c18-14-6-4-12(5-7-14)13-2-1-3-15(10-13)22-16-8-9-19(11-16)17(20)21/h1-7,10,16H,8-9,11H2,(H,20,21). The molecule has 1 aliphatic rings. The second-order valence-corrected chi connectivity index (χ2v) is 5.29. The van der Waals surface area contributed by atoms with Gasteiger partial charge in [-0.05, 0) is 35.4 Å². The average Bonchev–Trinajstić information content (AvgIpc) is 2.97. The molecule has 0 aliphatic carbocycles. The third kappa shape index (κ3) is 3.19. The van der Waals surface area contributed by atoms with Crippen molar-refractivity contribution >= 4 is 6.09 Å². The molecule has 114 valence electrons. The summed E-state index contributed by atoms with van der Waals surface area (Å²) in [5.74, 6) is 0.426. The van der Waals surface area contributed by atoms with Gasteiger partial charge in [0, 0.05) is 13.0 Å². The average molecular weight is 301 g/mol. The zero-order valence-electron chi connectivity index (χ0n) is 11.9. The van der Waals surface area contributed by atoms with Crippen LogP contribution >= 0.6 is 0 Å². The van der Waals surface area contributed by atoms with Gasteiger partial charge in [0.15, 0.2) is 0 Å². The molecule has 1 atom stereocenters. The van der Waals surface area contributed by atoms with Crippen molar-refractivity contribution in [1.29, 1.82) is 0 Å². The molecule has 5 heteroatoms. The lowest BCUT2D eigenvalue weighted by Gasteiger charge is -2.15. The molecular formula is C17H16FNO3. The Morgan fingerprint density at radius 1 is 1.18 bits per heavy atom. The van der Waals surface area contributed by atoms with Crippen LogP contribution in [0.3, 0.4) is 0 Å². The van der Waals surface area contributed by atoms with E-state index >= 15 is 0 Å². The number of rotatable bonds is 3. The molecule has 1 unspecified atom stereocenters. The molecular weight excluding hydrogens is 285 g/mol. The normalized spacial score (nSPS) is 17.5. The minimum Gasteiger partial charge on any atom is -0.488 e. The molecule has 0 aromatic heterocycles. The minimum absolute atomic E-state index is 0.125. The van der Waals surface area contributed by atoms with Crippen molar-refractivity contribution in [2.24, 2.45) is 0 Å². The molecule has 3 rings (SSSR count). The molecule has 1 amide bonds. The van der Waals surface area contributed by atoms with Gasteiger partial charge in [0.05, 0.1) is 6.54 Å². The molecule has 1 saturated heterocycles. The molecule has 1 N–H and O–H groups in total. The lowest BCUT2D eigenvalue weighted by molar-refractivity contribution is 0.145. The Morgan fingerprint density at radius 3 is 2.64 bits per heavy atom. The van der Waals surface area contributed by atoms with Crippen LogP contribution < -0.4 is 4.74 Å². The third-order valence-corrected chi connectivity index (χ3v) is 3.73. The molecule has 0 bridgehead atoms. The van der Waals surface area contributed by atoms with E-state index in [-0.39, 0.29) is 11.9 Å². The maximum absolute atomic E-state index is 13.0. The number of amides is 1. The predicted molar refractivity (Wildman–Crippen MR) is 80.5 cm³/mol. The largest absolute Gasteiger partial charge is 0.488 e. The number of halogens is 1. The zero-order chi connectivity index (χ0) is 15.5. The van der Waals surface area contributed by atoms with Crippen LogP contribution in [0.4, 0.5) is 9.18 Å². The fourth-order valence-electron chi connectivity index (χ4n) is 2.58.